The maximum atomic E-state index is 12.0. The summed E-state index contributed by atoms with van der Waals surface area (Å²) in [5, 5.41) is 6.09. The Labute approximate surface area is 115 Å². The fraction of sp³-hybridized carbons (Fsp3) is 0.462. The van der Waals surface area contributed by atoms with Crippen LogP contribution < -0.4 is 10.6 Å². The van der Waals surface area contributed by atoms with Crippen LogP contribution in [-0.2, 0) is 16.1 Å². The van der Waals surface area contributed by atoms with Crippen molar-refractivity contribution >= 4 is 21.8 Å². The van der Waals surface area contributed by atoms with Gasteiger partial charge in [0.1, 0.15) is 6.04 Å². The lowest BCUT2D eigenvalue weighted by Crippen LogP contribution is -2.55. The second-order valence-electron chi connectivity index (χ2n) is 4.35. The third-order valence-electron chi connectivity index (χ3n) is 2.98. The molecule has 98 valence electrons. The molecule has 1 heterocycles. The molecule has 0 spiro atoms. The van der Waals surface area contributed by atoms with Crippen LogP contribution in [0, 0.1) is 0 Å². The number of hydrogen-bond donors (Lipinski definition) is 2. The Bertz CT molecular complexity index is 408. The average molecular weight is 313 g/mol. The number of nitrogens with one attached hydrogen (secondary N) is 2. The number of amides is 1. The smallest absolute Gasteiger partial charge is 0.240 e. The number of morpholine rings is 1. The van der Waals surface area contributed by atoms with Crippen LogP contribution >= 0.6 is 15.9 Å². The van der Waals surface area contributed by atoms with Crippen LogP contribution in [-0.4, -0.2) is 31.2 Å². The molecule has 1 aromatic carbocycles. The van der Waals surface area contributed by atoms with Crippen molar-refractivity contribution < 1.29 is 9.53 Å². The zero-order valence-corrected chi connectivity index (χ0v) is 11.9. The summed E-state index contributed by atoms with van der Waals surface area (Å²) >= 11 is 3.38. The highest BCUT2D eigenvalue weighted by atomic mass is 79.9. The average Bonchev–Trinajstić information content (AvgIpc) is 2.38. The Hall–Kier alpha value is -0.910. The van der Waals surface area contributed by atoms with E-state index in [-0.39, 0.29) is 18.1 Å². The maximum absolute atomic E-state index is 12.0. The number of benzene rings is 1. The molecule has 1 amide bonds. The summed E-state index contributed by atoms with van der Waals surface area (Å²) in [6, 6.07) is 7.64. The highest BCUT2D eigenvalue weighted by Gasteiger charge is 2.27. The minimum Gasteiger partial charge on any atom is -0.375 e. The van der Waals surface area contributed by atoms with Crippen LogP contribution in [0.25, 0.3) is 0 Å². The number of carbonyl (C=O) groups excluding carboxylic acids is 1. The van der Waals surface area contributed by atoms with E-state index in [9.17, 15) is 4.79 Å². The Morgan fingerprint density at radius 3 is 2.89 bits per heavy atom. The summed E-state index contributed by atoms with van der Waals surface area (Å²) in [6.45, 7) is 3.84. The molecule has 0 radical (unpaired) electrons. The molecule has 0 bridgehead atoms. The second-order valence-corrected chi connectivity index (χ2v) is 5.27. The summed E-state index contributed by atoms with van der Waals surface area (Å²) < 4.78 is 6.49. The summed E-state index contributed by atoms with van der Waals surface area (Å²) in [7, 11) is 0. The predicted octanol–water partition coefficient (Wildman–Crippen LogP) is 1.44. The lowest BCUT2D eigenvalue weighted by atomic mass is 10.1. The van der Waals surface area contributed by atoms with Crippen LogP contribution in [0.1, 0.15) is 12.5 Å². The zero-order valence-electron chi connectivity index (χ0n) is 10.3. The van der Waals surface area contributed by atoms with Gasteiger partial charge in [-0.1, -0.05) is 28.1 Å². The molecule has 1 aromatic rings. The molecule has 4 nitrogen and oxygen atoms in total. The van der Waals surface area contributed by atoms with Crippen molar-refractivity contribution in [2.75, 3.05) is 13.2 Å². The number of carbonyl (C=O) groups is 1. The summed E-state index contributed by atoms with van der Waals surface area (Å²) in [4.78, 5) is 12.0. The van der Waals surface area contributed by atoms with E-state index in [0.29, 0.717) is 13.2 Å². The van der Waals surface area contributed by atoms with Gasteiger partial charge < -0.3 is 15.4 Å². The fourth-order valence-electron chi connectivity index (χ4n) is 1.93. The van der Waals surface area contributed by atoms with Crippen LogP contribution in [0.5, 0.6) is 0 Å². The first-order chi connectivity index (χ1) is 8.66. The molecule has 1 aliphatic rings. The Morgan fingerprint density at radius 1 is 1.50 bits per heavy atom. The largest absolute Gasteiger partial charge is 0.375 e. The Balaban J connectivity index is 1.85. The van der Waals surface area contributed by atoms with Crippen molar-refractivity contribution in [2.24, 2.45) is 0 Å². The molecule has 0 saturated carbocycles. The molecule has 2 N–H and O–H groups in total. The normalized spacial score (nSPS) is 23.7. The van der Waals surface area contributed by atoms with Crippen molar-refractivity contribution in [1.82, 2.24) is 10.6 Å². The first-order valence-electron chi connectivity index (χ1n) is 6.04. The SMILES string of the molecule is C[C@H]1OCCN[C@@H]1C(=O)NCc1ccc(Br)cc1. The van der Waals surface area contributed by atoms with E-state index in [1.54, 1.807) is 0 Å². The highest BCUT2D eigenvalue weighted by Crippen LogP contribution is 2.10. The van der Waals surface area contributed by atoms with Crippen molar-refractivity contribution in [2.45, 2.75) is 25.6 Å². The monoisotopic (exact) mass is 312 g/mol. The van der Waals surface area contributed by atoms with Crippen LogP contribution in [0.3, 0.4) is 0 Å². The zero-order chi connectivity index (χ0) is 13.0. The van der Waals surface area contributed by atoms with Gasteiger partial charge >= 0.3 is 0 Å². The molecular formula is C13H17BrN2O2. The number of rotatable bonds is 3. The Morgan fingerprint density at radius 2 is 2.22 bits per heavy atom. The van der Waals surface area contributed by atoms with Crippen molar-refractivity contribution in [3.63, 3.8) is 0 Å². The van der Waals surface area contributed by atoms with E-state index in [2.05, 4.69) is 26.6 Å². The van der Waals surface area contributed by atoms with Crippen LogP contribution in [0.2, 0.25) is 0 Å². The molecule has 2 rings (SSSR count). The predicted molar refractivity (Wildman–Crippen MR) is 73.2 cm³/mol. The quantitative estimate of drug-likeness (QED) is 0.888. The first-order valence-corrected chi connectivity index (χ1v) is 6.83. The lowest BCUT2D eigenvalue weighted by Gasteiger charge is -2.29. The van der Waals surface area contributed by atoms with Gasteiger partial charge in [-0.05, 0) is 24.6 Å². The van der Waals surface area contributed by atoms with Gasteiger partial charge in [0.2, 0.25) is 5.91 Å². The van der Waals surface area contributed by atoms with E-state index in [1.807, 2.05) is 31.2 Å². The fourth-order valence-corrected chi connectivity index (χ4v) is 2.19. The van der Waals surface area contributed by atoms with Gasteiger partial charge in [-0.3, -0.25) is 4.79 Å². The molecular weight excluding hydrogens is 296 g/mol. The molecule has 18 heavy (non-hydrogen) atoms. The van der Waals surface area contributed by atoms with Crippen molar-refractivity contribution in [1.29, 1.82) is 0 Å². The molecule has 1 fully saturated rings. The van der Waals surface area contributed by atoms with Crippen molar-refractivity contribution in [3.05, 3.63) is 34.3 Å². The van der Waals surface area contributed by atoms with Gasteiger partial charge in [-0.25, -0.2) is 0 Å². The molecule has 0 aromatic heterocycles. The summed E-state index contributed by atoms with van der Waals surface area (Å²) in [6.07, 6.45) is -0.0799. The summed E-state index contributed by atoms with van der Waals surface area (Å²) in [5.74, 6) is -0.00915. The number of halogens is 1. The third kappa shape index (κ3) is 3.54. The van der Waals surface area contributed by atoms with E-state index in [0.717, 1.165) is 16.6 Å². The molecule has 5 heteroatoms. The van der Waals surface area contributed by atoms with E-state index < -0.39 is 0 Å². The number of ether oxygens (including phenoxy) is 1. The Kier molecular flexibility index (Phi) is 4.74. The first kappa shape index (κ1) is 13.5. The standard InChI is InChI=1S/C13H17BrN2O2/c1-9-12(15-6-7-18-9)13(17)16-8-10-2-4-11(14)5-3-10/h2-5,9,12,15H,6-8H2,1H3,(H,16,17)/t9-,12+/m1/s1. The van der Waals surface area contributed by atoms with Gasteiger partial charge in [0.05, 0.1) is 12.7 Å². The topological polar surface area (TPSA) is 50.4 Å². The summed E-state index contributed by atoms with van der Waals surface area (Å²) in [5.41, 5.74) is 1.08. The molecule has 0 aliphatic carbocycles. The van der Waals surface area contributed by atoms with Gasteiger partial charge in [-0.15, -0.1) is 0 Å². The minimum absolute atomic E-state index is 0.00915. The lowest BCUT2D eigenvalue weighted by molar-refractivity contribution is -0.129. The minimum atomic E-state index is -0.255. The van der Waals surface area contributed by atoms with Gasteiger partial charge in [0.15, 0.2) is 0 Å². The van der Waals surface area contributed by atoms with Crippen LogP contribution in [0.4, 0.5) is 0 Å². The van der Waals surface area contributed by atoms with Gasteiger partial charge in [0, 0.05) is 17.6 Å². The molecule has 1 aliphatic heterocycles. The molecule has 1 saturated heterocycles. The third-order valence-corrected chi connectivity index (χ3v) is 3.51. The highest BCUT2D eigenvalue weighted by molar-refractivity contribution is 9.10. The van der Waals surface area contributed by atoms with Gasteiger partial charge in [-0.2, -0.15) is 0 Å². The van der Waals surface area contributed by atoms with E-state index in [4.69, 9.17) is 4.74 Å². The maximum Gasteiger partial charge on any atom is 0.240 e. The van der Waals surface area contributed by atoms with E-state index >= 15 is 0 Å². The number of hydrogen-bond acceptors (Lipinski definition) is 3. The van der Waals surface area contributed by atoms with Crippen molar-refractivity contribution in [3.8, 4) is 0 Å². The van der Waals surface area contributed by atoms with E-state index in [1.165, 1.54) is 0 Å². The molecule has 2 atom stereocenters. The van der Waals surface area contributed by atoms with Crippen LogP contribution in [0.15, 0.2) is 28.7 Å². The molecule has 0 unspecified atom stereocenters. The van der Waals surface area contributed by atoms with Gasteiger partial charge in [0.25, 0.3) is 0 Å². The second kappa shape index (κ2) is 6.31.